The maximum absolute atomic E-state index is 6.00. The van der Waals surface area contributed by atoms with Gasteiger partial charge >= 0.3 is 0 Å². The first-order valence-electron chi connectivity index (χ1n) is 4.50. The van der Waals surface area contributed by atoms with Gasteiger partial charge in [-0.05, 0) is 24.8 Å². The Bertz CT molecular complexity index is 262. The summed E-state index contributed by atoms with van der Waals surface area (Å²) < 4.78 is 1.90. The Labute approximate surface area is 72.6 Å². The molecule has 0 spiro atoms. The standard InChI is InChI=1S/C9H15N3/c1-12-8(4-5-11-12)6-9(10)7-2-3-7/h4-5,7,9H,2-3,6,10H2,1H3. The monoisotopic (exact) mass is 165 g/mol. The summed E-state index contributed by atoms with van der Waals surface area (Å²) in [5, 5.41) is 4.11. The minimum atomic E-state index is 0.348. The van der Waals surface area contributed by atoms with Crippen LogP contribution in [0.3, 0.4) is 0 Å². The van der Waals surface area contributed by atoms with Crippen molar-refractivity contribution in [3.8, 4) is 0 Å². The molecule has 1 aromatic rings. The number of nitrogens with zero attached hydrogens (tertiary/aromatic N) is 2. The molecule has 3 nitrogen and oxygen atoms in total. The van der Waals surface area contributed by atoms with E-state index in [1.807, 2.05) is 24.0 Å². The maximum atomic E-state index is 6.00. The van der Waals surface area contributed by atoms with Crippen LogP contribution in [0, 0.1) is 5.92 Å². The molecule has 3 heteroatoms. The van der Waals surface area contributed by atoms with Crippen molar-refractivity contribution < 1.29 is 0 Å². The smallest absolute Gasteiger partial charge is 0.0492 e. The van der Waals surface area contributed by atoms with Gasteiger partial charge in [-0.3, -0.25) is 4.68 Å². The van der Waals surface area contributed by atoms with E-state index in [2.05, 4.69) is 5.10 Å². The van der Waals surface area contributed by atoms with Crippen molar-refractivity contribution in [2.24, 2.45) is 18.7 Å². The molecule has 0 amide bonds. The highest BCUT2D eigenvalue weighted by molar-refractivity contribution is 5.04. The summed E-state index contributed by atoms with van der Waals surface area (Å²) in [4.78, 5) is 0. The quantitative estimate of drug-likeness (QED) is 0.716. The molecule has 0 bridgehead atoms. The van der Waals surface area contributed by atoms with E-state index in [0.29, 0.717) is 6.04 Å². The summed E-state index contributed by atoms with van der Waals surface area (Å²) in [5.74, 6) is 0.778. The third-order valence-corrected chi connectivity index (χ3v) is 2.59. The number of aromatic nitrogens is 2. The van der Waals surface area contributed by atoms with Gasteiger partial charge in [0.15, 0.2) is 0 Å². The molecule has 1 aliphatic carbocycles. The van der Waals surface area contributed by atoms with Crippen LogP contribution in [0.1, 0.15) is 18.5 Å². The average Bonchev–Trinajstić information content (AvgIpc) is 2.80. The molecule has 0 saturated heterocycles. The van der Waals surface area contributed by atoms with E-state index < -0.39 is 0 Å². The third-order valence-electron chi connectivity index (χ3n) is 2.59. The van der Waals surface area contributed by atoms with Gasteiger partial charge in [-0.25, -0.2) is 0 Å². The van der Waals surface area contributed by atoms with Crippen LogP contribution in [-0.2, 0) is 13.5 Å². The van der Waals surface area contributed by atoms with Crippen LogP contribution >= 0.6 is 0 Å². The van der Waals surface area contributed by atoms with Crippen molar-refractivity contribution in [2.75, 3.05) is 0 Å². The van der Waals surface area contributed by atoms with E-state index in [1.165, 1.54) is 18.5 Å². The first-order valence-corrected chi connectivity index (χ1v) is 4.50. The molecule has 1 aliphatic rings. The van der Waals surface area contributed by atoms with Gasteiger partial charge in [-0.15, -0.1) is 0 Å². The third kappa shape index (κ3) is 1.50. The van der Waals surface area contributed by atoms with Crippen molar-refractivity contribution in [1.82, 2.24) is 9.78 Å². The molecule has 1 unspecified atom stereocenters. The fraction of sp³-hybridized carbons (Fsp3) is 0.667. The number of hydrogen-bond acceptors (Lipinski definition) is 2. The van der Waals surface area contributed by atoms with Crippen molar-refractivity contribution in [3.63, 3.8) is 0 Å². The van der Waals surface area contributed by atoms with E-state index in [1.54, 1.807) is 0 Å². The predicted octanol–water partition coefficient (Wildman–Crippen LogP) is 0.700. The van der Waals surface area contributed by atoms with E-state index in [9.17, 15) is 0 Å². The zero-order valence-electron chi connectivity index (χ0n) is 7.40. The zero-order chi connectivity index (χ0) is 8.55. The van der Waals surface area contributed by atoms with E-state index in [4.69, 9.17) is 5.73 Å². The molecular weight excluding hydrogens is 150 g/mol. The van der Waals surface area contributed by atoms with Crippen LogP contribution in [0.4, 0.5) is 0 Å². The lowest BCUT2D eigenvalue weighted by molar-refractivity contribution is 0.562. The lowest BCUT2D eigenvalue weighted by Gasteiger charge is -2.09. The first kappa shape index (κ1) is 7.80. The van der Waals surface area contributed by atoms with Gasteiger partial charge in [0.1, 0.15) is 0 Å². The van der Waals surface area contributed by atoms with Crippen LogP contribution in [0.25, 0.3) is 0 Å². The number of rotatable bonds is 3. The lowest BCUT2D eigenvalue weighted by Crippen LogP contribution is -2.26. The van der Waals surface area contributed by atoms with Gasteiger partial charge in [-0.2, -0.15) is 5.10 Å². The highest BCUT2D eigenvalue weighted by atomic mass is 15.3. The SMILES string of the molecule is Cn1nccc1CC(N)C1CC1. The molecule has 1 saturated carbocycles. The summed E-state index contributed by atoms with van der Waals surface area (Å²) in [7, 11) is 1.97. The zero-order valence-corrected chi connectivity index (χ0v) is 7.40. The highest BCUT2D eigenvalue weighted by Crippen LogP contribution is 2.32. The van der Waals surface area contributed by atoms with Crippen LogP contribution in [0.15, 0.2) is 12.3 Å². The molecule has 1 aromatic heterocycles. The number of nitrogens with two attached hydrogens (primary N) is 1. The molecule has 2 N–H and O–H groups in total. The molecule has 12 heavy (non-hydrogen) atoms. The van der Waals surface area contributed by atoms with Gasteiger partial charge in [0, 0.05) is 31.4 Å². The Morgan fingerprint density at radius 1 is 1.75 bits per heavy atom. The average molecular weight is 165 g/mol. The molecule has 1 heterocycles. The van der Waals surface area contributed by atoms with Crippen LogP contribution in [-0.4, -0.2) is 15.8 Å². The number of hydrogen-bond donors (Lipinski definition) is 1. The van der Waals surface area contributed by atoms with Crippen molar-refractivity contribution in [3.05, 3.63) is 18.0 Å². The topological polar surface area (TPSA) is 43.8 Å². The van der Waals surface area contributed by atoms with Crippen LogP contribution in [0.2, 0.25) is 0 Å². The summed E-state index contributed by atoms with van der Waals surface area (Å²) in [6.07, 6.45) is 5.44. The molecule has 2 rings (SSSR count). The summed E-state index contributed by atoms with van der Waals surface area (Å²) >= 11 is 0. The summed E-state index contributed by atoms with van der Waals surface area (Å²) in [5.41, 5.74) is 7.24. The number of aryl methyl sites for hydroxylation is 1. The van der Waals surface area contributed by atoms with Gasteiger partial charge in [-0.1, -0.05) is 0 Å². The second-order valence-corrected chi connectivity index (χ2v) is 3.65. The lowest BCUT2D eigenvalue weighted by atomic mass is 10.1. The fourth-order valence-electron chi connectivity index (χ4n) is 1.53. The second kappa shape index (κ2) is 2.90. The molecule has 0 aromatic carbocycles. The van der Waals surface area contributed by atoms with Crippen molar-refractivity contribution in [2.45, 2.75) is 25.3 Å². The highest BCUT2D eigenvalue weighted by Gasteiger charge is 2.28. The van der Waals surface area contributed by atoms with E-state index in [0.717, 1.165) is 12.3 Å². The molecule has 1 fully saturated rings. The predicted molar refractivity (Wildman–Crippen MR) is 47.6 cm³/mol. The van der Waals surface area contributed by atoms with Gasteiger partial charge in [0.25, 0.3) is 0 Å². The fourth-order valence-corrected chi connectivity index (χ4v) is 1.53. The Hall–Kier alpha value is -0.830. The van der Waals surface area contributed by atoms with Gasteiger partial charge < -0.3 is 5.73 Å². The van der Waals surface area contributed by atoms with E-state index in [-0.39, 0.29) is 0 Å². The minimum absolute atomic E-state index is 0.348. The minimum Gasteiger partial charge on any atom is -0.327 e. The summed E-state index contributed by atoms with van der Waals surface area (Å²) in [6, 6.07) is 2.39. The summed E-state index contributed by atoms with van der Waals surface area (Å²) in [6.45, 7) is 0. The molecule has 1 atom stereocenters. The van der Waals surface area contributed by atoms with Crippen molar-refractivity contribution in [1.29, 1.82) is 0 Å². The molecular formula is C9H15N3. The Kier molecular flexibility index (Phi) is 1.89. The first-order chi connectivity index (χ1) is 5.77. The van der Waals surface area contributed by atoms with Crippen LogP contribution < -0.4 is 5.73 Å². The molecule has 66 valence electrons. The Balaban J connectivity index is 1.97. The van der Waals surface area contributed by atoms with Crippen molar-refractivity contribution >= 4 is 0 Å². The molecule has 0 aliphatic heterocycles. The van der Waals surface area contributed by atoms with Gasteiger partial charge in [0.05, 0.1) is 0 Å². The Morgan fingerprint density at radius 3 is 3.00 bits per heavy atom. The second-order valence-electron chi connectivity index (χ2n) is 3.65. The largest absolute Gasteiger partial charge is 0.327 e. The van der Waals surface area contributed by atoms with E-state index >= 15 is 0 Å². The normalized spacial score (nSPS) is 19.5. The maximum Gasteiger partial charge on any atom is 0.0492 e. The van der Waals surface area contributed by atoms with Gasteiger partial charge in [0.2, 0.25) is 0 Å². The van der Waals surface area contributed by atoms with Crippen LogP contribution in [0.5, 0.6) is 0 Å². The molecule has 0 radical (unpaired) electrons. The Morgan fingerprint density at radius 2 is 2.50 bits per heavy atom.